The van der Waals surface area contributed by atoms with Gasteiger partial charge in [0, 0.05) is 19.1 Å². The van der Waals surface area contributed by atoms with E-state index in [9.17, 15) is 9.90 Å². The Kier molecular flexibility index (Phi) is 4.63. The van der Waals surface area contributed by atoms with Gasteiger partial charge in [-0.1, -0.05) is 18.2 Å². The van der Waals surface area contributed by atoms with Crippen LogP contribution in [0.5, 0.6) is 0 Å². The van der Waals surface area contributed by atoms with E-state index < -0.39 is 5.60 Å². The molecule has 25 heavy (non-hydrogen) atoms. The fourth-order valence-electron chi connectivity index (χ4n) is 4.43. The van der Waals surface area contributed by atoms with Gasteiger partial charge >= 0.3 is 0 Å². The van der Waals surface area contributed by atoms with Crippen molar-refractivity contribution in [3.8, 4) is 0 Å². The molecular weight excluding hydrogens is 320 g/mol. The third kappa shape index (κ3) is 3.01. The lowest BCUT2D eigenvalue weighted by molar-refractivity contribution is -0.104. The maximum Gasteiger partial charge on any atom is 0.142 e. The molecule has 5 nitrogen and oxygen atoms in total. The molecule has 0 amide bonds. The van der Waals surface area contributed by atoms with E-state index in [1.807, 2.05) is 18.2 Å². The molecule has 1 N–H and O–H groups in total. The Labute approximate surface area is 147 Å². The van der Waals surface area contributed by atoms with Gasteiger partial charge in [0.05, 0.1) is 30.5 Å². The van der Waals surface area contributed by atoms with Gasteiger partial charge in [0.2, 0.25) is 0 Å². The molecule has 2 saturated heterocycles. The van der Waals surface area contributed by atoms with Crippen molar-refractivity contribution in [3.05, 3.63) is 47.8 Å². The Morgan fingerprint density at radius 1 is 1.32 bits per heavy atom. The van der Waals surface area contributed by atoms with Crippen LogP contribution in [-0.2, 0) is 19.0 Å². The zero-order valence-electron chi connectivity index (χ0n) is 14.2. The van der Waals surface area contributed by atoms with Crippen molar-refractivity contribution in [2.75, 3.05) is 19.8 Å². The van der Waals surface area contributed by atoms with Gasteiger partial charge in [-0.25, -0.2) is 0 Å². The maximum atomic E-state index is 10.8. The number of rotatable bonds is 5. The lowest BCUT2D eigenvalue weighted by Gasteiger charge is -2.28. The van der Waals surface area contributed by atoms with E-state index in [2.05, 4.69) is 6.08 Å². The quantitative estimate of drug-likeness (QED) is 0.472. The number of carbonyl (C=O) groups excluding carboxylic acids is 1. The molecule has 4 aliphatic rings. The first-order valence-electron chi connectivity index (χ1n) is 9.01. The third-order valence-corrected chi connectivity index (χ3v) is 5.70. The highest BCUT2D eigenvalue weighted by atomic mass is 16.5. The van der Waals surface area contributed by atoms with Crippen LogP contribution >= 0.6 is 0 Å². The molecule has 2 aliphatic carbocycles. The summed E-state index contributed by atoms with van der Waals surface area (Å²) in [5, 5.41) is 10.5. The van der Waals surface area contributed by atoms with E-state index in [-0.39, 0.29) is 24.0 Å². The molecule has 5 heteroatoms. The Bertz CT molecular complexity index is 640. The van der Waals surface area contributed by atoms with Gasteiger partial charge in [0.25, 0.3) is 0 Å². The zero-order chi connectivity index (χ0) is 17.3. The van der Waals surface area contributed by atoms with E-state index in [0.29, 0.717) is 12.4 Å². The average Bonchev–Trinajstić information content (AvgIpc) is 3.17. The smallest absolute Gasteiger partial charge is 0.142 e. The van der Waals surface area contributed by atoms with E-state index in [1.54, 1.807) is 6.08 Å². The number of carbonyl (C=O) groups is 1. The molecular formula is C20H24O5. The molecule has 2 unspecified atom stereocenters. The number of fused-ring (bicyclic) bond motifs is 3. The van der Waals surface area contributed by atoms with Crippen molar-refractivity contribution in [3.63, 3.8) is 0 Å². The second-order valence-electron chi connectivity index (χ2n) is 7.11. The lowest BCUT2D eigenvalue weighted by atomic mass is 9.76. The van der Waals surface area contributed by atoms with Gasteiger partial charge in [-0.05, 0) is 43.1 Å². The summed E-state index contributed by atoms with van der Waals surface area (Å²) in [5.41, 5.74) is 0.441. The Morgan fingerprint density at radius 3 is 2.96 bits per heavy atom. The Hall–Kier alpha value is -1.69. The molecule has 2 fully saturated rings. The number of ether oxygens (including phenoxy) is 3. The molecule has 0 saturated carbocycles. The van der Waals surface area contributed by atoms with Crippen LogP contribution < -0.4 is 0 Å². The summed E-state index contributed by atoms with van der Waals surface area (Å²) >= 11 is 0. The van der Waals surface area contributed by atoms with Crippen molar-refractivity contribution in [2.24, 2.45) is 11.8 Å². The molecule has 2 aliphatic heterocycles. The Balaban J connectivity index is 1.52. The summed E-state index contributed by atoms with van der Waals surface area (Å²) in [6.45, 7) is 2.00. The van der Waals surface area contributed by atoms with E-state index in [0.717, 1.165) is 44.3 Å². The highest BCUT2D eigenvalue weighted by Gasteiger charge is 2.56. The van der Waals surface area contributed by atoms with Crippen molar-refractivity contribution in [1.82, 2.24) is 0 Å². The molecule has 0 aromatic heterocycles. The second-order valence-corrected chi connectivity index (χ2v) is 7.11. The fourth-order valence-corrected chi connectivity index (χ4v) is 4.43. The van der Waals surface area contributed by atoms with Crippen LogP contribution in [0.1, 0.15) is 19.3 Å². The number of aliphatic hydroxyl groups excluding tert-OH is 1. The lowest BCUT2D eigenvalue weighted by Crippen LogP contribution is -2.31. The number of aliphatic hydroxyl groups is 1. The van der Waals surface area contributed by atoms with Gasteiger partial charge < -0.3 is 19.3 Å². The molecule has 0 spiro atoms. The molecule has 134 valence electrons. The summed E-state index contributed by atoms with van der Waals surface area (Å²) < 4.78 is 17.8. The second kappa shape index (κ2) is 6.90. The van der Waals surface area contributed by atoms with Gasteiger partial charge in [-0.2, -0.15) is 0 Å². The minimum atomic E-state index is -0.611. The largest absolute Gasteiger partial charge is 0.512 e. The first-order valence-corrected chi connectivity index (χ1v) is 9.01. The van der Waals surface area contributed by atoms with E-state index >= 15 is 0 Å². The predicted molar refractivity (Wildman–Crippen MR) is 92.1 cm³/mol. The standard InChI is InChI=1S/C20H24O5/c21-10-2-9-20-8-1-3-16(20)18-17(22)5-4-14(19(18)25-20)13-24-15-6-11-23-12-7-15/h1-2,4-5,8-10,15-16,18-19,22H,3,6-7,11-13H2/t16-,18?,19?,20+/m1/s1. The molecule has 2 heterocycles. The van der Waals surface area contributed by atoms with Crippen LogP contribution in [0.4, 0.5) is 0 Å². The summed E-state index contributed by atoms with van der Waals surface area (Å²) in [6, 6.07) is 0. The van der Waals surface area contributed by atoms with Crippen molar-refractivity contribution in [2.45, 2.75) is 37.1 Å². The molecule has 0 aromatic rings. The van der Waals surface area contributed by atoms with Gasteiger partial charge in [-0.15, -0.1) is 0 Å². The monoisotopic (exact) mass is 344 g/mol. The number of allylic oxidation sites excluding steroid dienone is 4. The Morgan fingerprint density at radius 2 is 2.16 bits per heavy atom. The van der Waals surface area contributed by atoms with Crippen LogP contribution in [0.15, 0.2) is 47.8 Å². The third-order valence-electron chi connectivity index (χ3n) is 5.70. The number of aldehydes is 1. The minimum absolute atomic E-state index is 0.0930. The highest BCUT2D eigenvalue weighted by Crippen LogP contribution is 2.53. The number of hydrogen-bond donors (Lipinski definition) is 1. The van der Waals surface area contributed by atoms with Crippen LogP contribution in [0, 0.1) is 11.8 Å². The van der Waals surface area contributed by atoms with Gasteiger partial charge in [0.1, 0.15) is 11.9 Å². The van der Waals surface area contributed by atoms with Crippen molar-refractivity contribution < 1.29 is 24.1 Å². The molecule has 0 radical (unpaired) electrons. The predicted octanol–water partition coefficient (Wildman–Crippen LogP) is 2.65. The SMILES string of the molecule is O=CC=C[C@@]12C=CC[C@@H]1C1C(O)=CC=C(COC3CCOCC3)C1O2. The summed E-state index contributed by atoms with van der Waals surface area (Å²) in [7, 11) is 0. The topological polar surface area (TPSA) is 65.0 Å². The van der Waals surface area contributed by atoms with Crippen molar-refractivity contribution >= 4 is 6.29 Å². The molecule has 0 bridgehead atoms. The summed E-state index contributed by atoms with van der Waals surface area (Å²) in [6.07, 6.45) is 14.5. The zero-order valence-corrected chi connectivity index (χ0v) is 14.2. The minimum Gasteiger partial charge on any atom is -0.512 e. The highest BCUT2D eigenvalue weighted by molar-refractivity contribution is 5.65. The van der Waals surface area contributed by atoms with Crippen LogP contribution in [0.2, 0.25) is 0 Å². The average molecular weight is 344 g/mol. The van der Waals surface area contributed by atoms with E-state index in [1.165, 1.54) is 6.08 Å². The van der Waals surface area contributed by atoms with E-state index in [4.69, 9.17) is 14.2 Å². The fraction of sp³-hybridized carbons (Fsp3) is 0.550. The van der Waals surface area contributed by atoms with Gasteiger partial charge in [-0.3, -0.25) is 4.79 Å². The number of hydrogen-bond acceptors (Lipinski definition) is 5. The maximum absolute atomic E-state index is 10.8. The molecule has 4 rings (SSSR count). The van der Waals surface area contributed by atoms with Gasteiger partial charge in [0.15, 0.2) is 0 Å². The molecule has 0 aromatic carbocycles. The van der Waals surface area contributed by atoms with Crippen LogP contribution in [-0.4, -0.2) is 49.0 Å². The first-order chi connectivity index (χ1) is 12.2. The normalized spacial score (nSPS) is 37.7. The summed E-state index contributed by atoms with van der Waals surface area (Å²) in [5.74, 6) is 0.371. The molecule has 4 atom stereocenters. The first kappa shape index (κ1) is 16.8. The van der Waals surface area contributed by atoms with Crippen LogP contribution in [0.25, 0.3) is 0 Å². The van der Waals surface area contributed by atoms with Crippen molar-refractivity contribution in [1.29, 1.82) is 0 Å². The van der Waals surface area contributed by atoms with Crippen LogP contribution in [0.3, 0.4) is 0 Å². The summed E-state index contributed by atoms with van der Waals surface area (Å²) in [4.78, 5) is 10.8.